The lowest BCUT2D eigenvalue weighted by atomic mass is 10.0. The Labute approximate surface area is 121 Å². The van der Waals surface area contributed by atoms with E-state index in [1.807, 2.05) is 18.2 Å². The van der Waals surface area contributed by atoms with Gasteiger partial charge in [-0.15, -0.1) is 0 Å². The van der Waals surface area contributed by atoms with Crippen LogP contribution in [-0.4, -0.2) is 11.7 Å². The molecule has 0 saturated carbocycles. The minimum atomic E-state index is 0.194. The molecule has 0 spiro atoms. The molecule has 0 unspecified atom stereocenters. The molecule has 0 bridgehead atoms. The van der Waals surface area contributed by atoms with E-state index in [4.69, 9.17) is 0 Å². The van der Waals surface area contributed by atoms with E-state index in [9.17, 15) is 5.11 Å². The zero-order valence-electron chi connectivity index (χ0n) is 12.3. The fraction of sp³-hybridized carbons (Fsp3) is 0.333. The fourth-order valence-corrected chi connectivity index (χ4v) is 2.48. The molecule has 2 N–H and O–H groups in total. The number of hydrogen-bond acceptors (Lipinski definition) is 2. The summed E-state index contributed by atoms with van der Waals surface area (Å²) in [5.41, 5.74) is 5.15. The van der Waals surface area contributed by atoms with Gasteiger partial charge in [-0.2, -0.15) is 0 Å². The summed E-state index contributed by atoms with van der Waals surface area (Å²) in [4.78, 5) is 0. The normalized spacial score (nSPS) is 12.3. The number of aliphatic hydroxyl groups excluding tert-OH is 1. The summed E-state index contributed by atoms with van der Waals surface area (Å²) in [6, 6.07) is 17.0. The van der Waals surface area contributed by atoms with E-state index in [1.165, 1.54) is 22.3 Å². The first kappa shape index (κ1) is 14.8. The third-order valence-corrected chi connectivity index (χ3v) is 3.66. The van der Waals surface area contributed by atoms with Gasteiger partial charge in [0.05, 0.1) is 0 Å². The highest BCUT2D eigenvalue weighted by Gasteiger charge is 2.10. The molecule has 2 aromatic carbocycles. The van der Waals surface area contributed by atoms with E-state index in [2.05, 4.69) is 49.5 Å². The molecule has 0 radical (unpaired) electrons. The Bertz CT molecular complexity index is 536. The Morgan fingerprint density at radius 1 is 1.05 bits per heavy atom. The summed E-state index contributed by atoms with van der Waals surface area (Å²) in [7, 11) is 0. The molecule has 0 saturated heterocycles. The van der Waals surface area contributed by atoms with E-state index < -0.39 is 0 Å². The van der Waals surface area contributed by atoms with Gasteiger partial charge in [-0.3, -0.25) is 0 Å². The van der Waals surface area contributed by atoms with Gasteiger partial charge >= 0.3 is 0 Å². The van der Waals surface area contributed by atoms with Gasteiger partial charge in [0, 0.05) is 19.2 Å². The number of nitrogens with one attached hydrogen (secondary N) is 1. The molecule has 106 valence electrons. The van der Waals surface area contributed by atoms with E-state index >= 15 is 0 Å². The first-order valence-corrected chi connectivity index (χ1v) is 7.16. The van der Waals surface area contributed by atoms with Crippen molar-refractivity contribution in [3.05, 3.63) is 70.8 Å². The Morgan fingerprint density at radius 2 is 1.80 bits per heavy atom. The third-order valence-electron chi connectivity index (χ3n) is 3.66. The topological polar surface area (TPSA) is 32.3 Å². The Morgan fingerprint density at radius 3 is 2.45 bits per heavy atom. The fourth-order valence-electron chi connectivity index (χ4n) is 2.48. The SMILES string of the molecule is Cc1ccc(CN[C@H](CCO)c2ccccc2)c(C)c1. The van der Waals surface area contributed by atoms with Crippen molar-refractivity contribution in [2.24, 2.45) is 0 Å². The monoisotopic (exact) mass is 269 g/mol. The summed E-state index contributed by atoms with van der Waals surface area (Å²) in [5.74, 6) is 0. The molecule has 0 aliphatic rings. The summed E-state index contributed by atoms with van der Waals surface area (Å²) < 4.78 is 0. The zero-order valence-corrected chi connectivity index (χ0v) is 12.3. The molecule has 0 amide bonds. The Kier molecular flexibility index (Phi) is 5.33. The summed E-state index contributed by atoms with van der Waals surface area (Å²) in [6.45, 7) is 5.28. The quantitative estimate of drug-likeness (QED) is 0.841. The number of aryl methyl sites for hydroxylation is 2. The van der Waals surface area contributed by atoms with Crippen LogP contribution in [0.25, 0.3) is 0 Å². The molecule has 1 atom stereocenters. The van der Waals surface area contributed by atoms with Gasteiger partial charge in [0.2, 0.25) is 0 Å². The molecular weight excluding hydrogens is 246 g/mol. The van der Waals surface area contributed by atoms with Crippen molar-refractivity contribution in [1.29, 1.82) is 0 Å². The lowest BCUT2D eigenvalue weighted by Crippen LogP contribution is -2.22. The maximum absolute atomic E-state index is 9.25. The Hall–Kier alpha value is -1.64. The average Bonchev–Trinajstić information content (AvgIpc) is 2.46. The molecule has 0 aliphatic heterocycles. The van der Waals surface area contributed by atoms with Crippen LogP contribution in [0.2, 0.25) is 0 Å². The van der Waals surface area contributed by atoms with Crippen LogP contribution in [0.3, 0.4) is 0 Å². The van der Waals surface area contributed by atoms with Crippen LogP contribution in [-0.2, 0) is 6.54 Å². The minimum absolute atomic E-state index is 0.194. The standard InChI is InChI=1S/C18H23NO/c1-14-8-9-17(15(2)12-14)13-19-18(10-11-20)16-6-4-3-5-7-16/h3-9,12,18-20H,10-11,13H2,1-2H3/t18-/m1/s1. The van der Waals surface area contributed by atoms with Crippen molar-refractivity contribution in [3.8, 4) is 0 Å². The molecule has 20 heavy (non-hydrogen) atoms. The second-order valence-corrected chi connectivity index (χ2v) is 5.29. The van der Waals surface area contributed by atoms with E-state index in [0.717, 1.165) is 13.0 Å². The van der Waals surface area contributed by atoms with Gasteiger partial charge in [0.25, 0.3) is 0 Å². The van der Waals surface area contributed by atoms with Crippen molar-refractivity contribution in [3.63, 3.8) is 0 Å². The molecule has 2 aromatic rings. The van der Waals surface area contributed by atoms with Crippen LogP contribution in [0, 0.1) is 13.8 Å². The predicted octanol–water partition coefficient (Wildman–Crippen LogP) is 3.52. The van der Waals surface area contributed by atoms with Crippen molar-refractivity contribution in [2.45, 2.75) is 32.9 Å². The van der Waals surface area contributed by atoms with Crippen LogP contribution in [0.15, 0.2) is 48.5 Å². The zero-order chi connectivity index (χ0) is 14.4. The van der Waals surface area contributed by atoms with Crippen molar-refractivity contribution < 1.29 is 5.11 Å². The summed E-state index contributed by atoms with van der Waals surface area (Å²) in [5, 5.41) is 12.8. The second kappa shape index (κ2) is 7.22. The third kappa shape index (κ3) is 3.92. The van der Waals surface area contributed by atoms with E-state index in [1.54, 1.807) is 0 Å². The molecule has 0 fully saturated rings. The van der Waals surface area contributed by atoms with Gasteiger partial charge in [-0.1, -0.05) is 54.1 Å². The lowest BCUT2D eigenvalue weighted by Gasteiger charge is -2.19. The summed E-state index contributed by atoms with van der Waals surface area (Å²) >= 11 is 0. The summed E-state index contributed by atoms with van der Waals surface area (Å²) in [6.07, 6.45) is 0.731. The molecule has 2 heteroatoms. The first-order valence-electron chi connectivity index (χ1n) is 7.16. The van der Waals surface area contributed by atoms with Gasteiger partial charge in [0.1, 0.15) is 0 Å². The lowest BCUT2D eigenvalue weighted by molar-refractivity contribution is 0.265. The highest BCUT2D eigenvalue weighted by atomic mass is 16.3. The van der Waals surface area contributed by atoms with Crippen LogP contribution in [0.4, 0.5) is 0 Å². The molecular formula is C18H23NO. The largest absolute Gasteiger partial charge is 0.396 e. The van der Waals surface area contributed by atoms with Gasteiger partial charge in [0.15, 0.2) is 0 Å². The Balaban J connectivity index is 2.06. The molecule has 2 nitrogen and oxygen atoms in total. The van der Waals surface area contributed by atoms with Crippen LogP contribution < -0.4 is 5.32 Å². The highest BCUT2D eigenvalue weighted by molar-refractivity contribution is 5.30. The second-order valence-electron chi connectivity index (χ2n) is 5.29. The van der Waals surface area contributed by atoms with Crippen LogP contribution in [0.1, 0.15) is 34.7 Å². The van der Waals surface area contributed by atoms with Crippen LogP contribution >= 0.6 is 0 Å². The number of aliphatic hydroxyl groups is 1. The molecule has 2 rings (SSSR count). The molecule has 0 aliphatic carbocycles. The van der Waals surface area contributed by atoms with E-state index in [-0.39, 0.29) is 12.6 Å². The van der Waals surface area contributed by atoms with Crippen molar-refractivity contribution >= 4 is 0 Å². The maximum Gasteiger partial charge on any atom is 0.0449 e. The molecule has 0 aromatic heterocycles. The smallest absolute Gasteiger partial charge is 0.0449 e. The van der Waals surface area contributed by atoms with Crippen molar-refractivity contribution in [1.82, 2.24) is 5.32 Å². The predicted molar refractivity (Wildman–Crippen MR) is 83.6 cm³/mol. The van der Waals surface area contributed by atoms with Gasteiger partial charge < -0.3 is 10.4 Å². The van der Waals surface area contributed by atoms with Crippen LogP contribution in [0.5, 0.6) is 0 Å². The highest BCUT2D eigenvalue weighted by Crippen LogP contribution is 2.18. The average molecular weight is 269 g/mol. The molecule has 0 heterocycles. The minimum Gasteiger partial charge on any atom is -0.396 e. The van der Waals surface area contributed by atoms with E-state index in [0.29, 0.717) is 0 Å². The van der Waals surface area contributed by atoms with Crippen molar-refractivity contribution in [2.75, 3.05) is 6.61 Å². The number of rotatable bonds is 6. The first-order chi connectivity index (χ1) is 9.70. The van der Waals surface area contributed by atoms with Gasteiger partial charge in [-0.25, -0.2) is 0 Å². The number of benzene rings is 2. The maximum atomic E-state index is 9.25. The van der Waals surface area contributed by atoms with Gasteiger partial charge in [-0.05, 0) is 37.0 Å². The number of hydrogen-bond donors (Lipinski definition) is 2.